The molecule has 1 aliphatic heterocycles. The van der Waals surface area contributed by atoms with Crippen molar-refractivity contribution in [2.24, 2.45) is 4.99 Å². The van der Waals surface area contributed by atoms with Crippen LogP contribution in [-0.4, -0.2) is 17.1 Å². The van der Waals surface area contributed by atoms with Crippen LogP contribution in [0, 0.1) is 0 Å². The molecule has 20 heavy (non-hydrogen) atoms. The molecule has 0 atom stereocenters. The lowest BCUT2D eigenvalue weighted by Crippen LogP contribution is -2.21. The molecule has 3 nitrogen and oxygen atoms in total. The third-order valence-electron chi connectivity index (χ3n) is 3.44. The average Bonchev–Trinajstić information content (AvgIpc) is 3.04. The maximum Gasteiger partial charge on any atom is 0.264 e. The second-order valence-electron chi connectivity index (χ2n) is 4.99. The van der Waals surface area contributed by atoms with Crippen LogP contribution < -0.4 is 5.32 Å². The molecule has 0 unspecified atom stereocenters. The number of carbonyl (C=O) groups is 1. The summed E-state index contributed by atoms with van der Waals surface area (Å²) in [6.07, 6.45) is 6.70. The summed E-state index contributed by atoms with van der Waals surface area (Å²) >= 11 is 4.85. The van der Waals surface area contributed by atoms with Crippen LogP contribution in [0.25, 0.3) is 6.08 Å². The highest BCUT2D eigenvalue weighted by molar-refractivity contribution is 9.10. The van der Waals surface area contributed by atoms with Gasteiger partial charge in [0.1, 0.15) is 0 Å². The molecule has 1 amide bonds. The van der Waals surface area contributed by atoms with Gasteiger partial charge in [0.05, 0.1) is 10.9 Å². The number of halogens is 1. The van der Waals surface area contributed by atoms with Gasteiger partial charge in [0, 0.05) is 4.47 Å². The van der Waals surface area contributed by atoms with Crippen LogP contribution in [0.15, 0.2) is 38.6 Å². The highest BCUT2D eigenvalue weighted by Crippen LogP contribution is 2.29. The van der Waals surface area contributed by atoms with Crippen LogP contribution >= 0.6 is 27.7 Å². The van der Waals surface area contributed by atoms with Gasteiger partial charge in [-0.15, -0.1) is 0 Å². The molecule has 0 radical (unpaired) electrons. The molecule has 0 spiro atoms. The van der Waals surface area contributed by atoms with Crippen molar-refractivity contribution in [1.29, 1.82) is 0 Å². The molecule has 1 N–H and O–H groups in total. The third kappa shape index (κ3) is 3.33. The van der Waals surface area contributed by atoms with Gasteiger partial charge in [-0.1, -0.05) is 40.9 Å². The summed E-state index contributed by atoms with van der Waals surface area (Å²) in [5.74, 6) is -0.0466. The number of nitrogens with zero attached hydrogens (tertiary/aromatic N) is 1. The first-order chi connectivity index (χ1) is 9.70. The van der Waals surface area contributed by atoms with Crippen molar-refractivity contribution < 1.29 is 4.79 Å². The molecule has 1 heterocycles. The maximum absolute atomic E-state index is 11.9. The molecule has 1 aromatic rings. The van der Waals surface area contributed by atoms with Crippen LogP contribution in [0.3, 0.4) is 0 Å². The van der Waals surface area contributed by atoms with E-state index in [4.69, 9.17) is 0 Å². The molecule has 1 aliphatic carbocycles. The SMILES string of the molecule is O=C1NC(=NC2CCCC2)S/C1=C/c1ccc(Br)cc1. The van der Waals surface area contributed by atoms with E-state index in [1.807, 2.05) is 30.3 Å². The number of aliphatic imine (C=N–C) groups is 1. The summed E-state index contributed by atoms with van der Waals surface area (Å²) in [5.41, 5.74) is 1.02. The fourth-order valence-corrected chi connectivity index (χ4v) is 3.55. The number of nitrogens with one attached hydrogen (secondary N) is 1. The molecular formula is C15H15BrN2OS. The fourth-order valence-electron chi connectivity index (χ4n) is 2.40. The smallest absolute Gasteiger partial charge is 0.264 e. The number of thioether (sulfide) groups is 1. The Labute approximate surface area is 131 Å². The average molecular weight is 351 g/mol. The third-order valence-corrected chi connectivity index (χ3v) is 4.90. The summed E-state index contributed by atoms with van der Waals surface area (Å²) in [7, 11) is 0. The zero-order valence-corrected chi connectivity index (χ0v) is 13.3. The van der Waals surface area contributed by atoms with E-state index in [1.54, 1.807) is 0 Å². The van der Waals surface area contributed by atoms with Crippen LogP contribution in [0.1, 0.15) is 31.2 Å². The lowest BCUT2D eigenvalue weighted by molar-refractivity contribution is -0.115. The fraction of sp³-hybridized carbons (Fsp3) is 0.333. The van der Waals surface area contributed by atoms with Crippen molar-refractivity contribution in [3.63, 3.8) is 0 Å². The molecule has 1 saturated carbocycles. The number of hydrogen-bond donors (Lipinski definition) is 1. The molecule has 0 aromatic heterocycles. The van der Waals surface area contributed by atoms with Gasteiger partial charge in [-0.3, -0.25) is 9.79 Å². The van der Waals surface area contributed by atoms with Gasteiger partial charge in [0.25, 0.3) is 5.91 Å². The zero-order chi connectivity index (χ0) is 13.9. The van der Waals surface area contributed by atoms with E-state index in [0.29, 0.717) is 10.9 Å². The molecule has 0 bridgehead atoms. The monoisotopic (exact) mass is 350 g/mol. The topological polar surface area (TPSA) is 41.5 Å². The molecule has 1 aromatic carbocycles. The van der Waals surface area contributed by atoms with Crippen molar-refractivity contribution in [2.75, 3.05) is 0 Å². The Morgan fingerprint density at radius 1 is 1.25 bits per heavy atom. The van der Waals surface area contributed by atoms with Gasteiger partial charge in [-0.05, 0) is 48.4 Å². The van der Waals surface area contributed by atoms with Gasteiger partial charge in [-0.2, -0.15) is 0 Å². The molecule has 3 rings (SSSR count). The van der Waals surface area contributed by atoms with E-state index in [1.165, 1.54) is 24.6 Å². The number of amidine groups is 1. The molecule has 2 aliphatic rings. The highest BCUT2D eigenvalue weighted by Gasteiger charge is 2.25. The summed E-state index contributed by atoms with van der Waals surface area (Å²) in [4.78, 5) is 17.3. The van der Waals surface area contributed by atoms with E-state index < -0.39 is 0 Å². The number of hydrogen-bond acceptors (Lipinski definition) is 3. The van der Waals surface area contributed by atoms with Crippen LogP contribution in [0.4, 0.5) is 0 Å². The maximum atomic E-state index is 11.9. The Kier molecular flexibility index (Phi) is 4.27. The summed E-state index contributed by atoms with van der Waals surface area (Å²) in [6.45, 7) is 0. The van der Waals surface area contributed by atoms with Crippen molar-refractivity contribution in [1.82, 2.24) is 5.32 Å². The second-order valence-corrected chi connectivity index (χ2v) is 6.94. The molecule has 104 valence electrons. The van der Waals surface area contributed by atoms with Gasteiger partial charge in [0.2, 0.25) is 0 Å². The van der Waals surface area contributed by atoms with E-state index in [-0.39, 0.29) is 5.91 Å². The number of carbonyl (C=O) groups excluding carboxylic acids is 1. The number of amides is 1. The van der Waals surface area contributed by atoms with Crippen LogP contribution in [-0.2, 0) is 4.79 Å². The summed E-state index contributed by atoms with van der Waals surface area (Å²) in [5, 5.41) is 3.61. The Morgan fingerprint density at radius 2 is 1.95 bits per heavy atom. The Bertz CT molecular complexity index is 574. The van der Waals surface area contributed by atoms with E-state index >= 15 is 0 Å². The largest absolute Gasteiger partial charge is 0.301 e. The van der Waals surface area contributed by atoms with E-state index in [2.05, 4.69) is 26.2 Å². The van der Waals surface area contributed by atoms with Crippen LogP contribution in [0.2, 0.25) is 0 Å². The van der Waals surface area contributed by atoms with Crippen molar-refractivity contribution in [2.45, 2.75) is 31.7 Å². The summed E-state index contributed by atoms with van der Waals surface area (Å²) < 4.78 is 1.03. The predicted molar refractivity (Wildman–Crippen MR) is 87.5 cm³/mol. The van der Waals surface area contributed by atoms with Crippen molar-refractivity contribution in [3.05, 3.63) is 39.2 Å². The second kappa shape index (κ2) is 6.14. The summed E-state index contributed by atoms with van der Waals surface area (Å²) in [6, 6.07) is 8.30. The lowest BCUT2D eigenvalue weighted by atomic mass is 10.2. The zero-order valence-electron chi connectivity index (χ0n) is 10.9. The minimum absolute atomic E-state index is 0.0466. The standard InChI is InChI=1S/C15H15BrN2OS/c16-11-7-5-10(6-8-11)9-13-14(19)18-15(20-13)17-12-3-1-2-4-12/h5-9,12H,1-4H2,(H,17,18,19)/b13-9+. The molecule has 1 saturated heterocycles. The minimum Gasteiger partial charge on any atom is -0.301 e. The quantitative estimate of drug-likeness (QED) is 0.820. The normalized spacial score (nSPS) is 23.8. The van der Waals surface area contributed by atoms with Crippen LogP contribution in [0.5, 0.6) is 0 Å². The van der Waals surface area contributed by atoms with Gasteiger partial charge in [-0.25, -0.2) is 0 Å². The first-order valence-electron chi connectivity index (χ1n) is 6.75. The highest BCUT2D eigenvalue weighted by atomic mass is 79.9. The lowest BCUT2D eigenvalue weighted by Gasteiger charge is -2.02. The first-order valence-corrected chi connectivity index (χ1v) is 8.36. The Hall–Kier alpha value is -1.07. The van der Waals surface area contributed by atoms with Gasteiger partial charge < -0.3 is 5.32 Å². The minimum atomic E-state index is -0.0466. The molecular weight excluding hydrogens is 336 g/mol. The number of benzene rings is 1. The molecule has 5 heteroatoms. The predicted octanol–water partition coefficient (Wildman–Crippen LogP) is 3.95. The van der Waals surface area contributed by atoms with Gasteiger partial charge in [0.15, 0.2) is 5.17 Å². The Morgan fingerprint density at radius 3 is 2.65 bits per heavy atom. The number of rotatable bonds is 2. The van der Waals surface area contributed by atoms with Crippen molar-refractivity contribution in [3.8, 4) is 0 Å². The van der Waals surface area contributed by atoms with E-state index in [9.17, 15) is 4.79 Å². The Balaban J connectivity index is 1.74. The van der Waals surface area contributed by atoms with E-state index in [0.717, 1.165) is 28.0 Å². The van der Waals surface area contributed by atoms with Crippen molar-refractivity contribution >= 4 is 44.8 Å². The first kappa shape index (κ1) is 13.9. The molecule has 2 fully saturated rings. The van der Waals surface area contributed by atoms with Gasteiger partial charge >= 0.3 is 0 Å².